The number of hydrogen-bond acceptors (Lipinski definition) is 6. The number of rotatable bonds is 6. The molecule has 0 aromatic heterocycles. The largest absolute Gasteiger partial charge is 0.497 e. The van der Waals surface area contributed by atoms with E-state index in [1.165, 1.54) is 67.8 Å². The van der Waals surface area contributed by atoms with Crippen molar-refractivity contribution in [3.8, 4) is 5.75 Å². The Morgan fingerprint density at radius 3 is 2.23 bits per heavy atom. The minimum absolute atomic E-state index is 0.0438. The highest BCUT2D eigenvalue weighted by Gasteiger charge is 2.32. The maximum absolute atomic E-state index is 13.3. The molecule has 0 bridgehead atoms. The summed E-state index contributed by atoms with van der Waals surface area (Å²) < 4.78 is 32.3. The number of anilines is 1. The number of nitro groups is 1. The van der Waals surface area contributed by atoms with Crippen LogP contribution in [0.4, 0.5) is 11.4 Å². The minimum Gasteiger partial charge on any atom is -0.497 e. The summed E-state index contributed by atoms with van der Waals surface area (Å²) in [5, 5.41) is 11.0. The maximum Gasteiger partial charge on any atom is 0.288 e. The first-order valence-electron chi connectivity index (χ1n) is 8.48. The Balaban J connectivity index is 2.18. The second-order valence-electron chi connectivity index (χ2n) is 6.01. The summed E-state index contributed by atoms with van der Waals surface area (Å²) in [6.07, 6.45) is 0. The first kappa shape index (κ1) is 21.3. The number of methoxy groups -OCH3 is 1. The molecule has 0 saturated carbocycles. The lowest BCUT2D eigenvalue weighted by molar-refractivity contribution is -0.384. The number of ether oxygens (including phenoxy) is 1. The van der Waals surface area contributed by atoms with Gasteiger partial charge < -0.3 is 4.74 Å². The molecule has 0 spiro atoms. The third-order valence-electron chi connectivity index (χ3n) is 4.16. The standard InChI is InChI=1S/C20H15ClN2O6S/c1-29-16-10-8-15(9-11-16)22(30(27,28)17-5-3-2-4-6-17)20(24)14-7-12-18(21)19(13-14)23(25)26/h2-13H,1H3. The molecule has 0 heterocycles. The Morgan fingerprint density at radius 2 is 1.67 bits per heavy atom. The lowest BCUT2D eigenvalue weighted by Crippen LogP contribution is -2.37. The van der Waals surface area contributed by atoms with Crippen LogP contribution in [0.5, 0.6) is 5.75 Å². The van der Waals surface area contributed by atoms with E-state index in [9.17, 15) is 23.3 Å². The SMILES string of the molecule is COc1ccc(N(C(=O)c2ccc(Cl)c([N+](=O)[O-])c2)S(=O)(=O)c2ccccc2)cc1. The van der Waals surface area contributed by atoms with Gasteiger partial charge in [0.25, 0.3) is 21.6 Å². The molecule has 1 amide bonds. The average Bonchev–Trinajstić information content (AvgIpc) is 2.75. The van der Waals surface area contributed by atoms with Gasteiger partial charge in [0.2, 0.25) is 0 Å². The topological polar surface area (TPSA) is 107 Å². The van der Waals surface area contributed by atoms with Gasteiger partial charge in [0.1, 0.15) is 10.8 Å². The molecule has 3 aromatic carbocycles. The highest BCUT2D eigenvalue weighted by atomic mass is 35.5. The van der Waals surface area contributed by atoms with Gasteiger partial charge >= 0.3 is 0 Å². The van der Waals surface area contributed by atoms with Crippen LogP contribution in [0.15, 0.2) is 77.7 Å². The van der Waals surface area contributed by atoms with Crippen LogP contribution >= 0.6 is 11.6 Å². The smallest absolute Gasteiger partial charge is 0.288 e. The third-order valence-corrected chi connectivity index (χ3v) is 6.21. The lowest BCUT2D eigenvalue weighted by atomic mass is 10.2. The molecule has 10 heteroatoms. The van der Waals surface area contributed by atoms with Crippen molar-refractivity contribution in [1.29, 1.82) is 0 Å². The Morgan fingerprint density at radius 1 is 1.03 bits per heavy atom. The van der Waals surface area contributed by atoms with E-state index in [0.717, 1.165) is 6.07 Å². The predicted octanol–water partition coefficient (Wildman–Crippen LogP) is 4.29. The van der Waals surface area contributed by atoms with E-state index in [2.05, 4.69) is 0 Å². The number of amides is 1. The molecule has 0 N–H and O–H groups in total. The molecule has 0 atom stereocenters. The van der Waals surface area contributed by atoms with Crippen molar-refractivity contribution in [3.63, 3.8) is 0 Å². The molecule has 0 fully saturated rings. The van der Waals surface area contributed by atoms with Gasteiger partial charge in [-0.3, -0.25) is 14.9 Å². The quantitative estimate of drug-likeness (QED) is 0.413. The second kappa shape index (κ2) is 8.52. The number of hydrogen-bond donors (Lipinski definition) is 0. The Kier molecular flexibility index (Phi) is 6.04. The van der Waals surface area contributed by atoms with Crippen molar-refractivity contribution in [2.75, 3.05) is 11.4 Å². The molecule has 30 heavy (non-hydrogen) atoms. The van der Waals surface area contributed by atoms with Gasteiger partial charge in [0.05, 0.1) is 22.6 Å². The van der Waals surface area contributed by atoms with Gasteiger partial charge in [-0.15, -0.1) is 0 Å². The number of nitrogens with zero attached hydrogens (tertiary/aromatic N) is 2. The molecule has 0 aliphatic rings. The predicted molar refractivity (Wildman–Crippen MR) is 112 cm³/mol. The van der Waals surface area contributed by atoms with Crippen molar-refractivity contribution >= 4 is 38.9 Å². The van der Waals surface area contributed by atoms with Gasteiger partial charge in [-0.05, 0) is 48.5 Å². The zero-order valence-corrected chi connectivity index (χ0v) is 17.1. The fourth-order valence-corrected chi connectivity index (χ4v) is 4.30. The van der Waals surface area contributed by atoms with E-state index in [-0.39, 0.29) is 21.2 Å². The first-order chi connectivity index (χ1) is 14.3. The van der Waals surface area contributed by atoms with Crippen LogP contribution in [0.25, 0.3) is 0 Å². The first-order valence-corrected chi connectivity index (χ1v) is 10.3. The monoisotopic (exact) mass is 446 g/mol. The van der Waals surface area contributed by atoms with E-state index in [1.807, 2.05) is 0 Å². The number of halogens is 1. The van der Waals surface area contributed by atoms with Crippen molar-refractivity contribution in [1.82, 2.24) is 0 Å². The van der Waals surface area contributed by atoms with E-state index in [1.54, 1.807) is 6.07 Å². The van der Waals surface area contributed by atoms with Gasteiger partial charge in [-0.1, -0.05) is 29.8 Å². The summed E-state index contributed by atoms with van der Waals surface area (Å²) in [5.74, 6) is -0.505. The van der Waals surface area contributed by atoms with E-state index < -0.39 is 26.5 Å². The molecular formula is C20H15ClN2O6S. The van der Waals surface area contributed by atoms with Crippen LogP contribution in [0.1, 0.15) is 10.4 Å². The van der Waals surface area contributed by atoms with E-state index in [4.69, 9.17) is 16.3 Å². The normalized spacial score (nSPS) is 11.0. The second-order valence-corrected chi connectivity index (χ2v) is 8.20. The summed E-state index contributed by atoms with van der Waals surface area (Å²) in [6, 6.07) is 16.6. The molecule has 3 aromatic rings. The molecule has 0 saturated heterocycles. The molecule has 0 aliphatic heterocycles. The van der Waals surface area contributed by atoms with Gasteiger partial charge in [0, 0.05) is 11.6 Å². The summed E-state index contributed by atoms with van der Waals surface area (Å²) in [5.41, 5.74) is -0.669. The highest BCUT2D eigenvalue weighted by Crippen LogP contribution is 2.30. The van der Waals surface area contributed by atoms with Crippen molar-refractivity contribution < 1.29 is 22.9 Å². The maximum atomic E-state index is 13.3. The van der Waals surface area contributed by atoms with Crippen LogP contribution in [-0.4, -0.2) is 26.4 Å². The van der Waals surface area contributed by atoms with Gasteiger partial charge in [-0.2, -0.15) is 4.31 Å². The van der Waals surface area contributed by atoms with E-state index in [0.29, 0.717) is 10.1 Å². The van der Waals surface area contributed by atoms with Crippen LogP contribution in [0.3, 0.4) is 0 Å². The molecular weight excluding hydrogens is 432 g/mol. The minimum atomic E-state index is -4.32. The number of carbonyl (C=O) groups excluding carboxylic acids is 1. The highest BCUT2D eigenvalue weighted by molar-refractivity contribution is 7.93. The van der Waals surface area contributed by atoms with Crippen molar-refractivity contribution in [3.05, 3.63) is 93.5 Å². The molecule has 8 nitrogen and oxygen atoms in total. The zero-order chi connectivity index (χ0) is 21.9. The fourth-order valence-electron chi connectivity index (χ4n) is 2.68. The van der Waals surface area contributed by atoms with Gasteiger partial charge in [-0.25, -0.2) is 8.42 Å². The van der Waals surface area contributed by atoms with Crippen molar-refractivity contribution in [2.24, 2.45) is 0 Å². The van der Waals surface area contributed by atoms with Crippen LogP contribution in [0, 0.1) is 10.1 Å². The molecule has 154 valence electrons. The van der Waals surface area contributed by atoms with Crippen LogP contribution < -0.4 is 9.04 Å². The number of carbonyl (C=O) groups is 1. The van der Waals surface area contributed by atoms with Crippen LogP contribution in [0.2, 0.25) is 5.02 Å². The summed E-state index contributed by atoms with van der Waals surface area (Å²) in [4.78, 5) is 23.6. The molecule has 3 rings (SSSR count). The lowest BCUT2D eigenvalue weighted by Gasteiger charge is -2.23. The summed E-state index contributed by atoms with van der Waals surface area (Å²) in [7, 11) is -2.87. The Hall–Kier alpha value is -3.43. The summed E-state index contributed by atoms with van der Waals surface area (Å²) in [6.45, 7) is 0. The zero-order valence-electron chi connectivity index (χ0n) is 15.6. The molecule has 0 radical (unpaired) electrons. The Bertz CT molecular complexity index is 1200. The third kappa shape index (κ3) is 4.12. The number of nitro benzene ring substituents is 1. The molecule has 0 unspecified atom stereocenters. The average molecular weight is 447 g/mol. The number of benzene rings is 3. The van der Waals surface area contributed by atoms with Crippen molar-refractivity contribution in [2.45, 2.75) is 4.90 Å². The van der Waals surface area contributed by atoms with Gasteiger partial charge in [0.15, 0.2) is 0 Å². The molecule has 0 aliphatic carbocycles. The summed E-state index contributed by atoms with van der Waals surface area (Å²) >= 11 is 5.81. The van der Waals surface area contributed by atoms with Crippen LogP contribution in [-0.2, 0) is 10.0 Å². The fraction of sp³-hybridized carbons (Fsp3) is 0.0500. The Labute approximate surface area is 177 Å². The van der Waals surface area contributed by atoms with E-state index >= 15 is 0 Å². The number of sulfonamides is 1.